The first-order valence-corrected chi connectivity index (χ1v) is 6.47. The van der Waals surface area contributed by atoms with Crippen LogP contribution in [0.4, 0.5) is 0 Å². The van der Waals surface area contributed by atoms with Crippen LogP contribution in [-0.4, -0.2) is 16.2 Å². The molecule has 2 rings (SSSR count). The lowest BCUT2D eigenvalue weighted by Crippen LogP contribution is -2.21. The van der Waals surface area contributed by atoms with E-state index in [-0.39, 0.29) is 0 Å². The minimum absolute atomic E-state index is 0.789. The summed E-state index contributed by atoms with van der Waals surface area (Å²) in [4.78, 5) is 0. The summed E-state index contributed by atoms with van der Waals surface area (Å²) in [5.74, 6) is 0.789. The molecule has 0 saturated heterocycles. The largest absolute Gasteiger partial charge is 0.312 e. The average Bonchev–Trinajstić information content (AvgIpc) is 2.78. The zero-order valence-corrected chi connectivity index (χ0v) is 10.7. The molecule has 3 heteroatoms. The van der Waals surface area contributed by atoms with Gasteiger partial charge in [0.15, 0.2) is 0 Å². The van der Waals surface area contributed by atoms with Crippen molar-refractivity contribution in [2.24, 2.45) is 5.92 Å². The van der Waals surface area contributed by atoms with Crippen molar-refractivity contribution in [2.45, 2.75) is 33.2 Å². The van der Waals surface area contributed by atoms with Crippen LogP contribution in [0.1, 0.15) is 32.3 Å². The minimum Gasteiger partial charge on any atom is -0.312 e. The van der Waals surface area contributed by atoms with Crippen LogP contribution >= 0.6 is 0 Å². The number of hydrogen-bond donors (Lipinski definition) is 1. The molecule has 2 aromatic heterocycles. The molecule has 17 heavy (non-hydrogen) atoms. The van der Waals surface area contributed by atoms with Crippen LogP contribution in [0, 0.1) is 5.92 Å². The Morgan fingerprint density at radius 3 is 2.88 bits per heavy atom. The highest BCUT2D eigenvalue weighted by atomic mass is 15.2. The van der Waals surface area contributed by atoms with Gasteiger partial charge in [-0.2, -0.15) is 5.10 Å². The normalized spacial score (nSPS) is 11.5. The van der Waals surface area contributed by atoms with E-state index in [9.17, 15) is 0 Å². The number of nitrogens with one attached hydrogen (secondary N) is 1. The Hall–Kier alpha value is -1.35. The SMILES string of the molecule is CCC(CC)CNCc1cnn2ccccc12. The molecule has 2 heterocycles. The number of pyridine rings is 1. The van der Waals surface area contributed by atoms with Crippen LogP contribution in [-0.2, 0) is 6.54 Å². The molecule has 1 N–H and O–H groups in total. The molecule has 0 unspecified atom stereocenters. The Bertz CT molecular complexity index is 457. The lowest BCUT2D eigenvalue weighted by Gasteiger charge is -2.12. The molecule has 0 atom stereocenters. The molecule has 0 radical (unpaired) electrons. The number of hydrogen-bond acceptors (Lipinski definition) is 2. The van der Waals surface area contributed by atoms with Crippen molar-refractivity contribution in [3.63, 3.8) is 0 Å². The van der Waals surface area contributed by atoms with E-state index in [4.69, 9.17) is 0 Å². The fraction of sp³-hybridized carbons (Fsp3) is 0.500. The highest BCUT2D eigenvalue weighted by Crippen LogP contribution is 2.10. The lowest BCUT2D eigenvalue weighted by atomic mass is 10.0. The van der Waals surface area contributed by atoms with Gasteiger partial charge in [-0.05, 0) is 24.6 Å². The maximum atomic E-state index is 4.33. The van der Waals surface area contributed by atoms with Gasteiger partial charge in [0.2, 0.25) is 0 Å². The third kappa shape index (κ3) is 2.86. The highest BCUT2D eigenvalue weighted by Gasteiger charge is 2.05. The monoisotopic (exact) mass is 231 g/mol. The molecule has 0 aliphatic carbocycles. The van der Waals surface area contributed by atoms with Crippen molar-refractivity contribution in [1.82, 2.24) is 14.9 Å². The number of fused-ring (bicyclic) bond motifs is 1. The molecule has 2 aromatic rings. The van der Waals surface area contributed by atoms with E-state index in [1.165, 1.54) is 23.9 Å². The average molecular weight is 231 g/mol. The summed E-state index contributed by atoms with van der Waals surface area (Å²) in [6, 6.07) is 6.17. The molecule has 0 saturated carbocycles. The van der Waals surface area contributed by atoms with Crippen LogP contribution in [0.15, 0.2) is 30.6 Å². The van der Waals surface area contributed by atoms with Crippen molar-refractivity contribution in [3.05, 3.63) is 36.2 Å². The Labute approximate surface area is 103 Å². The summed E-state index contributed by atoms with van der Waals surface area (Å²) >= 11 is 0. The van der Waals surface area contributed by atoms with Crippen LogP contribution in [0.3, 0.4) is 0 Å². The van der Waals surface area contributed by atoms with Gasteiger partial charge in [-0.15, -0.1) is 0 Å². The summed E-state index contributed by atoms with van der Waals surface area (Å²) in [6.45, 7) is 6.51. The van der Waals surface area contributed by atoms with Crippen molar-refractivity contribution in [3.8, 4) is 0 Å². The first-order valence-electron chi connectivity index (χ1n) is 6.47. The highest BCUT2D eigenvalue weighted by molar-refractivity contribution is 5.53. The topological polar surface area (TPSA) is 29.3 Å². The van der Waals surface area contributed by atoms with E-state index in [1.54, 1.807) is 0 Å². The molecule has 92 valence electrons. The van der Waals surface area contributed by atoms with Crippen LogP contribution in [0.25, 0.3) is 5.52 Å². The third-order valence-electron chi connectivity index (χ3n) is 3.41. The van der Waals surface area contributed by atoms with E-state index < -0.39 is 0 Å². The summed E-state index contributed by atoms with van der Waals surface area (Å²) in [7, 11) is 0. The van der Waals surface area contributed by atoms with E-state index in [2.05, 4.69) is 36.4 Å². The molecular formula is C14H21N3. The second-order valence-corrected chi connectivity index (χ2v) is 4.51. The Morgan fingerprint density at radius 1 is 1.29 bits per heavy atom. The van der Waals surface area contributed by atoms with Gasteiger partial charge in [-0.1, -0.05) is 32.8 Å². The molecule has 3 nitrogen and oxygen atoms in total. The van der Waals surface area contributed by atoms with Crippen molar-refractivity contribution in [2.75, 3.05) is 6.54 Å². The molecule has 0 spiro atoms. The van der Waals surface area contributed by atoms with Crippen molar-refractivity contribution < 1.29 is 0 Å². The zero-order valence-electron chi connectivity index (χ0n) is 10.7. The first-order chi connectivity index (χ1) is 8.35. The van der Waals surface area contributed by atoms with Gasteiger partial charge in [-0.3, -0.25) is 0 Å². The van der Waals surface area contributed by atoms with Crippen LogP contribution < -0.4 is 5.32 Å². The molecular weight excluding hydrogens is 210 g/mol. The van der Waals surface area contributed by atoms with Crippen molar-refractivity contribution in [1.29, 1.82) is 0 Å². The van der Waals surface area contributed by atoms with Crippen molar-refractivity contribution >= 4 is 5.52 Å². The Morgan fingerprint density at radius 2 is 2.12 bits per heavy atom. The Kier molecular flexibility index (Phi) is 4.15. The Balaban J connectivity index is 1.95. The molecule has 0 aromatic carbocycles. The van der Waals surface area contributed by atoms with Gasteiger partial charge in [-0.25, -0.2) is 4.52 Å². The van der Waals surface area contributed by atoms with E-state index >= 15 is 0 Å². The maximum Gasteiger partial charge on any atom is 0.0706 e. The summed E-state index contributed by atoms with van der Waals surface area (Å²) < 4.78 is 1.92. The predicted octanol–water partition coefficient (Wildman–Crippen LogP) is 2.86. The van der Waals surface area contributed by atoms with Gasteiger partial charge in [0.1, 0.15) is 0 Å². The van der Waals surface area contributed by atoms with Gasteiger partial charge >= 0.3 is 0 Å². The maximum absolute atomic E-state index is 4.33. The number of aromatic nitrogens is 2. The van der Waals surface area contributed by atoms with Gasteiger partial charge in [0.05, 0.1) is 11.7 Å². The van der Waals surface area contributed by atoms with Gasteiger partial charge in [0.25, 0.3) is 0 Å². The minimum atomic E-state index is 0.789. The second-order valence-electron chi connectivity index (χ2n) is 4.51. The molecule has 0 aliphatic rings. The molecule has 0 aliphatic heterocycles. The fourth-order valence-corrected chi connectivity index (χ4v) is 2.11. The standard InChI is InChI=1S/C14H21N3/c1-3-12(4-2)9-15-10-13-11-16-17-8-6-5-7-14(13)17/h5-8,11-12,15H,3-4,9-10H2,1-2H3. The van der Waals surface area contributed by atoms with E-state index in [1.807, 2.05) is 23.0 Å². The molecule has 0 fully saturated rings. The van der Waals surface area contributed by atoms with Crippen LogP contribution in [0.2, 0.25) is 0 Å². The van der Waals surface area contributed by atoms with Gasteiger partial charge in [0, 0.05) is 18.3 Å². The summed E-state index contributed by atoms with van der Waals surface area (Å²) in [5, 5.41) is 7.86. The smallest absolute Gasteiger partial charge is 0.0706 e. The first kappa shape index (κ1) is 12.1. The predicted molar refractivity (Wildman–Crippen MR) is 71.0 cm³/mol. The zero-order chi connectivity index (χ0) is 12.1. The van der Waals surface area contributed by atoms with Gasteiger partial charge < -0.3 is 5.32 Å². The second kappa shape index (κ2) is 5.82. The number of nitrogens with zero attached hydrogens (tertiary/aromatic N) is 2. The quantitative estimate of drug-likeness (QED) is 0.828. The summed E-state index contributed by atoms with van der Waals surface area (Å²) in [5.41, 5.74) is 2.47. The summed E-state index contributed by atoms with van der Waals surface area (Å²) in [6.07, 6.45) is 6.44. The lowest BCUT2D eigenvalue weighted by molar-refractivity contribution is 0.450. The molecule has 0 bridgehead atoms. The van der Waals surface area contributed by atoms with E-state index in [0.29, 0.717) is 0 Å². The third-order valence-corrected chi connectivity index (χ3v) is 3.41. The molecule has 0 amide bonds. The van der Waals surface area contributed by atoms with E-state index in [0.717, 1.165) is 19.0 Å². The fourth-order valence-electron chi connectivity index (χ4n) is 2.11. The van der Waals surface area contributed by atoms with Crippen LogP contribution in [0.5, 0.6) is 0 Å². The number of rotatable bonds is 6.